The molecule has 0 spiro atoms. The molecule has 0 atom stereocenters. The summed E-state index contributed by atoms with van der Waals surface area (Å²) < 4.78 is 0. The third-order valence-electron chi connectivity index (χ3n) is 5.24. The quantitative estimate of drug-likeness (QED) is 0.517. The smallest absolute Gasteiger partial charge is 0.286 e. The zero-order valence-electron chi connectivity index (χ0n) is 18.2. The van der Waals surface area contributed by atoms with Crippen molar-refractivity contribution in [3.63, 3.8) is 0 Å². The summed E-state index contributed by atoms with van der Waals surface area (Å²) in [7, 11) is 0. The van der Waals surface area contributed by atoms with Crippen LogP contribution in [-0.4, -0.2) is 77.6 Å². The molecule has 1 aliphatic heterocycles. The number of hydrogen-bond acceptors (Lipinski definition) is 7. The van der Waals surface area contributed by atoms with E-state index < -0.39 is 0 Å². The maximum absolute atomic E-state index is 12.2. The molecule has 1 saturated heterocycles. The first-order valence-corrected chi connectivity index (χ1v) is 11.9. The normalized spacial score (nSPS) is 15.0. The lowest BCUT2D eigenvalue weighted by molar-refractivity contribution is -0.121. The maximum Gasteiger partial charge on any atom is 0.286 e. The second-order valence-electron chi connectivity index (χ2n) is 7.71. The molecule has 0 bridgehead atoms. The number of amides is 2. The van der Waals surface area contributed by atoms with Crippen LogP contribution in [0, 0.1) is 0 Å². The first-order valence-electron chi connectivity index (χ1n) is 11.0. The number of carbonyl (C=O) groups is 2. The number of rotatable bonds is 11. The first kappa shape index (κ1) is 23.3. The fourth-order valence-corrected chi connectivity index (χ4v) is 4.28. The minimum Gasteiger partial charge on any atom is -0.356 e. The van der Waals surface area contributed by atoms with Gasteiger partial charge in [0.05, 0.1) is 0 Å². The van der Waals surface area contributed by atoms with Crippen LogP contribution in [-0.2, 0) is 11.2 Å². The number of carbonyl (C=O) groups excluding carboxylic acids is 2. The molecule has 8 nitrogen and oxygen atoms in total. The van der Waals surface area contributed by atoms with E-state index in [9.17, 15) is 9.59 Å². The Morgan fingerprint density at radius 1 is 1.03 bits per heavy atom. The van der Waals surface area contributed by atoms with Gasteiger partial charge < -0.3 is 20.4 Å². The minimum absolute atomic E-state index is 0.0123. The van der Waals surface area contributed by atoms with Crippen molar-refractivity contribution in [1.82, 2.24) is 25.3 Å². The van der Waals surface area contributed by atoms with Crippen LogP contribution in [0.3, 0.4) is 0 Å². The van der Waals surface area contributed by atoms with Crippen molar-refractivity contribution in [2.45, 2.75) is 32.6 Å². The van der Waals surface area contributed by atoms with Gasteiger partial charge in [0.15, 0.2) is 0 Å². The van der Waals surface area contributed by atoms with Gasteiger partial charge >= 0.3 is 0 Å². The molecule has 0 aliphatic carbocycles. The van der Waals surface area contributed by atoms with E-state index in [1.807, 2.05) is 30.3 Å². The molecule has 168 valence electrons. The maximum atomic E-state index is 12.2. The van der Waals surface area contributed by atoms with Crippen molar-refractivity contribution in [2.75, 3.05) is 51.1 Å². The highest BCUT2D eigenvalue weighted by Gasteiger charge is 2.16. The van der Waals surface area contributed by atoms with Crippen LogP contribution in [0.1, 0.15) is 41.0 Å². The van der Waals surface area contributed by atoms with Crippen LogP contribution in [0.4, 0.5) is 5.69 Å². The first-order chi connectivity index (χ1) is 15.1. The Hall–Kier alpha value is -2.36. The summed E-state index contributed by atoms with van der Waals surface area (Å²) in [4.78, 5) is 29.3. The highest BCUT2D eigenvalue weighted by molar-refractivity contribution is 7.13. The molecular weight excluding hydrogens is 412 g/mol. The van der Waals surface area contributed by atoms with Crippen molar-refractivity contribution >= 4 is 28.8 Å². The molecule has 1 aromatic heterocycles. The zero-order valence-corrected chi connectivity index (χ0v) is 19.0. The molecule has 2 aromatic rings. The molecule has 0 radical (unpaired) electrons. The Morgan fingerprint density at radius 2 is 1.74 bits per heavy atom. The Morgan fingerprint density at radius 3 is 2.45 bits per heavy atom. The van der Waals surface area contributed by atoms with Crippen molar-refractivity contribution < 1.29 is 9.59 Å². The van der Waals surface area contributed by atoms with Crippen LogP contribution in [0.2, 0.25) is 0 Å². The van der Waals surface area contributed by atoms with Crippen molar-refractivity contribution in [1.29, 1.82) is 0 Å². The minimum atomic E-state index is -0.282. The SMILES string of the molecule is CCCN1CCN(CCCNC(=O)CCc2nnc(C(=O)Nc3ccccc3)s2)CC1. The lowest BCUT2D eigenvalue weighted by atomic mass is 10.2. The number of aromatic nitrogens is 2. The second kappa shape index (κ2) is 12.5. The van der Waals surface area contributed by atoms with E-state index in [2.05, 4.69) is 37.6 Å². The molecule has 0 unspecified atom stereocenters. The summed E-state index contributed by atoms with van der Waals surface area (Å²) in [5.74, 6) is -0.270. The molecule has 2 amide bonds. The van der Waals surface area contributed by atoms with E-state index in [-0.39, 0.29) is 11.8 Å². The lowest BCUT2D eigenvalue weighted by Gasteiger charge is -2.34. The van der Waals surface area contributed by atoms with Crippen LogP contribution >= 0.6 is 11.3 Å². The average Bonchev–Trinajstić information content (AvgIpc) is 3.27. The Kier molecular flexibility index (Phi) is 9.39. The molecule has 0 saturated carbocycles. The highest BCUT2D eigenvalue weighted by Crippen LogP contribution is 2.14. The number of anilines is 1. The van der Waals surface area contributed by atoms with Gasteiger partial charge in [0, 0.05) is 51.3 Å². The van der Waals surface area contributed by atoms with Gasteiger partial charge in [-0.2, -0.15) is 0 Å². The Labute approximate surface area is 188 Å². The van der Waals surface area contributed by atoms with E-state index >= 15 is 0 Å². The van der Waals surface area contributed by atoms with Crippen LogP contribution < -0.4 is 10.6 Å². The topological polar surface area (TPSA) is 90.5 Å². The van der Waals surface area contributed by atoms with E-state index in [1.54, 1.807) is 0 Å². The third kappa shape index (κ3) is 8.01. The molecule has 1 aliphatic rings. The van der Waals surface area contributed by atoms with E-state index in [0.29, 0.717) is 35.1 Å². The fraction of sp³-hybridized carbons (Fsp3) is 0.545. The standard InChI is InChI=1S/C22H32N6O2S/c1-2-12-27-14-16-28(17-15-27)13-6-11-23-19(29)9-10-20-25-26-22(31-20)21(30)24-18-7-4-3-5-8-18/h3-5,7-8H,2,6,9-17H2,1H3,(H,23,29)(H,24,30). The lowest BCUT2D eigenvalue weighted by Crippen LogP contribution is -2.47. The van der Waals surface area contributed by atoms with Gasteiger partial charge in [0.2, 0.25) is 10.9 Å². The van der Waals surface area contributed by atoms with Gasteiger partial charge in [-0.05, 0) is 38.1 Å². The van der Waals surface area contributed by atoms with Crippen molar-refractivity contribution in [3.05, 3.63) is 40.3 Å². The summed E-state index contributed by atoms with van der Waals surface area (Å²) in [6.07, 6.45) is 3.01. The summed E-state index contributed by atoms with van der Waals surface area (Å²) in [5.41, 5.74) is 0.714. The number of hydrogen-bond donors (Lipinski definition) is 2. The van der Waals surface area contributed by atoms with Crippen molar-refractivity contribution in [3.8, 4) is 0 Å². The second-order valence-corrected chi connectivity index (χ2v) is 8.77. The molecule has 2 N–H and O–H groups in total. The molecule has 1 fully saturated rings. The Balaban J connectivity index is 1.28. The Bertz CT molecular complexity index is 820. The zero-order chi connectivity index (χ0) is 21.9. The fourth-order valence-electron chi connectivity index (χ4n) is 3.54. The van der Waals surface area contributed by atoms with E-state index in [4.69, 9.17) is 0 Å². The summed E-state index contributed by atoms with van der Waals surface area (Å²) in [5, 5.41) is 14.8. The number of piperazine rings is 1. The molecular formula is C22H32N6O2S. The van der Waals surface area contributed by atoms with Gasteiger partial charge in [0.25, 0.3) is 5.91 Å². The summed E-state index contributed by atoms with van der Waals surface area (Å²) in [6.45, 7) is 9.65. The molecule has 3 rings (SSSR count). The van der Waals surface area contributed by atoms with Gasteiger partial charge in [-0.3, -0.25) is 9.59 Å². The molecule has 9 heteroatoms. The van der Waals surface area contributed by atoms with Gasteiger partial charge in [-0.1, -0.05) is 36.5 Å². The summed E-state index contributed by atoms with van der Waals surface area (Å²) in [6, 6.07) is 9.23. The predicted octanol–water partition coefficient (Wildman–Crippen LogP) is 2.26. The van der Waals surface area contributed by atoms with Crippen LogP contribution in [0.15, 0.2) is 30.3 Å². The number of aryl methyl sites for hydroxylation is 1. The summed E-state index contributed by atoms with van der Waals surface area (Å²) >= 11 is 1.23. The van der Waals surface area contributed by atoms with Crippen molar-refractivity contribution in [2.24, 2.45) is 0 Å². The van der Waals surface area contributed by atoms with Crippen LogP contribution in [0.5, 0.6) is 0 Å². The molecule has 31 heavy (non-hydrogen) atoms. The highest BCUT2D eigenvalue weighted by atomic mass is 32.1. The number of nitrogens with zero attached hydrogens (tertiary/aromatic N) is 4. The monoisotopic (exact) mass is 444 g/mol. The largest absolute Gasteiger partial charge is 0.356 e. The van der Waals surface area contributed by atoms with Gasteiger partial charge in [0.1, 0.15) is 5.01 Å². The predicted molar refractivity (Wildman–Crippen MR) is 123 cm³/mol. The third-order valence-corrected chi connectivity index (χ3v) is 6.22. The number of benzene rings is 1. The molecule has 1 aromatic carbocycles. The van der Waals surface area contributed by atoms with Crippen LogP contribution in [0.25, 0.3) is 0 Å². The van der Waals surface area contributed by atoms with Gasteiger partial charge in [-0.25, -0.2) is 0 Å². The molecule has 2 heterocycles. The number of nitrogens with one attached hydrogen (secondary N) is 2. The van der Waals surface area contributed by atoms with E-state index in [0.717, 1.165) is 39.1 Å². The number of para-hydroxylation sites is 1. The van der Waals surface area contributed by atoms with Gasteiger partial charge in [-0.15, -0.1) is 10.2 Å². The average molecular weight is 445 g/mol. The van der Waals surface area contributed by atoms with E-state index in [1.165, 1.54) is 24.3 Å².